The Morgan fingerprint density at radius 3 is 2.79 bits per heavy atom. The van der Waals surface area contributed by atoms with Crippen molar-refractivity contribution in [3.05, 3.63) is 39.8 Å². The van der Waals surface area contributed by atoms with Crippen molar-refractivity contribution in [2.24, 2.45) is 0 Å². The first kappa shape index (κ1) is 22.0. The van der Waals surface area contributed by atoms with Crippen LogP contribution in [-0.2, 0) is 9.47 Å². The summed E-state index contributed by atoms with van der Waals surface area (Å²) in [6.45, 7) is 5.82. The van der Waals surface area contributed by atoms with Crippen LogP contribution >= 0.6 is 0 Å². The predicted molar refractivity (Wildman–Crippen MR) is 123 cm³/mol. The third kappa shape index (κ3) is 4.15. The molecule has 1 N–H and O–H groups in total. The summed E-state index contributed by atoms with van der Waals surface area (Å²) in [5.41, 5.74) is 2.66. The second-order valence-electron chi connectivity index (χ2n) is 9.14. The van der Waals surface area contributed by atoms with Crippen molar-refractivity contribution in [1.82, 2.24) is 19.7 Å². The lowest BCUT2D eigenvalue weighted by atomic mass is 10.0. The number of hydrogen-bond donors (Lipinski definition) is 1. The maximum Gasteiger partial charge on any atom is 0.259 e. The molecule has 2 fully saturated rings. The SMILES string of the molecule is Cc1cc2[nH]c(=O)c3cnn([C@H]4CCOC4)c3c2cc1C(=O)N1CCC(OC[C@H](C)F)CC1. The van der Waals surface area contributed by atoms with E-state index >= 15 is 0 Å². The van der Waals surface area contributed by atoms with E-state index in [1.54, 1.807) is 6.20 Å². The number of aryl methyl sites for hydroxylation is 1. The van der Waals surface area contributed by atoms with E-state index in [4.69, 9.17) is 9.47 Å². The maximum absolute atomic E-state index is 13.4. The fraction of sp³-hybridized carbons (Fsp3) is 0.542. The molecule has 2 aliphatic heterocycles. The van der Waals surface area contributed by atoms with Crippen LogP contribution in [0.4, 0.5) is 4.39 Å². The van der Waals surface area contributed by atoms with Crippen LogP contribution in [-0.4, -0.2) is 70.8 Å². The smallest absolute Gasteiger partial charge is 0.259 e. The van der Waals surface area contributed by atoms with Gasteiger partial charge in [0.25, 0.3) is 11.5 Å². The fourth-order valence-corrected chi connectivity index (χ4v) is 4.88. The molecule has 4 heterocycles. The number of nitrogens with zero attached hydrogens (tertiary/aromatic N) is 3. The van der Waals surface area contributed by atoms with Gasteiger partial charge in [0, 0.05) is 30.6 Å². The Morgan fingerprint density at radius 1 is 1.30 bits per heavy atom. The van der Waals surface area contributed by atoms with Gasteiger partial charge in [-0.15, -0.1) is 0 Å². The van der Waals surface area contributed by atoms with Crippen LogP contribution in [0.2, 0.25) is 0 Å². The number of hydrogen-bond acceptors (Lipinski definition) is 5. The molecule has 0 saturated carbocycles. The summed E-state index contributed by atoms with van der Waals surface area (Å²) in [7, 11) is 0. The Bertz CT molecular complexity index is 1240. The fourth-order valence-electron chi connectivity index (χ4n) is 4.88. The van der Waals surface area contributed by atoms with E-state index in [0.717, 1.165) is 22.9 Å². The lowest BCUT2D eigenvalue weighted by Gasteiger charge is -2.32. The molecule has 2 aromatic heterocycles. The Morgan fingerprint density at radius 2 is 2.09 bits per heavy atom. The predicted octanol–water partition coefficient (Wildman–Crippen LogP) is 3.13. The Kier molecular flexibility index (Phi) is 5.92. The molecule has 9 heteroatoms. The van der Waals surface area contributed by atoms with E-state index in [1.807, 2.05) is 28.6 Å². The van der Waals surface area contributed by atoms with Crippen LogP contribution in [0.1, 0.15) is 48.1 Å². The molecule has 1 aromatic carbocycles. The molecular formula is C24H29FN4O4. The van der Waals surface area contributed by atoms with Gasteiger partial charge in [0.05, 0.1) is 48.0 Å². The summed E-state index contributed by atoms with van der Waals surface area (Å²) in [5, 5.41) is 5.81. The molecule has 176 valence electrons. The Labute approximate surface area is 190 Å². The van der Waals surface area contributed by atoms with Gasteiger partial charge in [-0.3, -0.25) is 14.3 Å². The van der Waals surface area contributed by atoms with Gasteiger partial charge >= 0.3 is 0 Å². The number of likely N-dealkylation sites (tertiary alicyclic amines) is 1. The Hall–Kier alpha value is -2.78. The summed E-state index contributed by atoms with van der Waals surface area (Å²) < 4.78 is 26.1. The number of aromatic amines is 1. The molecule has 0 bridgehead atoms. The summed E-state index contributed by atoms with van der Waals surface area (Å²) in [6, 6.07) is 3.82. The van der Waals surface area contributed by atoms with Crippen LogP contribution < -0.4 is 5.56 Å². The summed E-state index contributed by atoms with van der Waals surface area (Å²) >= 11 is 0. The number of rotatable bonds is 5. The third-order valence-electron chi connectivity index (χ3n) is 6.68. The van der Waals surface area contributed by atoms with Gasteiger partial charge in [-0.25, -0.2) is 4.39 Å². The van der Waals surface area contributed by atoms with E-state index < -0.39 is 6.17 Å². The highest BCUT2D eigenvalue weighted by Crippen LogP contribution is 2.30. The number of piperidine rings is 1. The number of carbonyl (C=O) groups is 1. The summed E-state index contributed by atoms with van der Waals surface area (Å²) in [5.74, 6) is -0.0404. The number of fused-ring (bicyclic) bond motifs is 3. The lowest BCUT2D eigenvalue weighted by molar-refractivity contribution is -0.0101. The number of carbonyl (C=O) groups excluding carboxylic acids is 1. The van der Waals surface area contributed by atoms with Crippen molar-refractivity contribution < 1.29 is 18.7 Å². The van der Waals surface area contributed by atoms with Crippen molar-refractivity contribution in [3.63, 3.8) is 0 Å². The molecule has 3 aromatic rings. The molecule has 33 heavy (non-hydrogen) atoms. The van der Waals surface area contributed by atoms with Crippen LogP contribution in [0.5, 0.6) is 0 Å². The van der Waals surface area contributed by atoms with Gasteiger partial charge in [0.2, 0.25) is 0 Å². The van der Waals surface area contributed by atoms with Crippen molar-refractivity contribution >= 4 is 27.7 Å². The minimum Gasteiger partial charge on any atom is -0.379 e. The van der Waals surface area contributed by atoms with Gasteiger partial charge in [-0.1, -0.05) is 0 Å². The number of ether oxygens (including phenoxy) is 2. The zero-order chi connectivity index (χ0) is 23.1. The number of benzene rings is 1. The third-order valence-corrected chi connectivity index (χ3v) is 6.68. The topological polar surface area (TPSA) is 89.4 Å². The van der Waals surface area contributed by atoms with Crippen LogP contribution in [0.25, 0.3) is 21.8 Å². The minimum atomic E-state index is -0.988. The summed E-state index contributed by atoms with van der Waals surface area (Å²) in [4.78, 5) is 30.9. The highest BCUT2D eigenvalue weighted by molar-refractivity contribution is 6.07. The average Bonchev–Trinajstić information content (AvgIpc) is 3.47. The first-order chi connectivity index (χ1) is 15.9. The number of aromatic nitrogens is 3. The number of amides is 1. The first-order valence-electron chi connectivity index (χ1n) is 11.6. The number of H-pyrrole nitrogens is 1. The van der Waals surface area contributed by atoms with Gasteiger partial charge in [0.1, 0.15) is 6.17 Å². The number of alkyl halides is 1. The molecular weight excluding hydrogens is 427 g/mol. The van der Waals surface area contributed by atoms with E-state index in [9.17, 15) is 14.0 Å². The largest absolute Gasteiger partial charge is 0.379 e. The molecule has 5 rings (SSSR count). The number of pyridine rings is 1. The maximum atomic E-state index is 13.4. The molecule has 2 saturated heterocycles. The highest BCUT2D eigenvalue weighted by Gasteiger charge is 2.27. The number of halogens is 1. The normalized spacial score (nSPS) is 20.7. The zero-order valence-electron chi connectivity index (χ0n) is 19.0. The van der Waals surface area contributed by atoms with Gasteiger partial charge in [0.15, 0.2) is 0 Å². The second-order valence-corrected chi connectivity index (χ2v) is 9.14. The zero-order valence-corrected chi connectivity index (χ0v) is 19.0. The van der Waals surface area contributed by atoms with E-state index in [1.165, 1.54) is 6.92 Å². The average molecular weight is 457 g/mol. The molecule has 0 unspecified atom stereocenters. The monoisotopic (exact) mass is 456 g/mol. The molecule has 8 nitrogen and oxygen atoms in total. The molecule has 0 radical (unpaired) electrons. The standard InChI is InChI=1S/C24H29FN4O4/c1-14-9-21-19(22-20(23(30)27-21)11-26-29(22)16-5-8-32-13-16)10-18(14)24(31)28-6-3-17(4-7-28)33-12-15(2)25/h9-11,15-17H,3-8,12-13H2,1-2H3,(H,27,30)/t15-,16-/m0/s1. The Balaban J connectivity index is 1.48. The molecule has 2 atom stereocenters. The first-order valence-corrected chi connectivity index (χ1v) is 11.6. The molecule has 2 aliphatic rings. The minimum absolute atomic E-state index is 0.0161. The molecule has 0 aliphatic carbocycles. The molecule has 0 spiro atoms. The van der Waals surface area contributed by atoms with Crippen molar-refractivity contribution in [2.75, 3.05) is 32.9 Å². The quantitative estimate of drug-likeness (QED) is 0.637. The van der Waals surface area contributed by atoms with Crippen LogP contribution in [0.3, 0.4) is 0 Å². The van der Waals surface area contributed by atoms with Crippen molar-refractivity contribution in [1.29, 1.82) is 0 Å². The number of nitrogens with one attached hydrogen (secondary N) is 1. The van der Waals surface area contributed by atoms with E-state index in [2.05, 4.69) is 10.1 Å². The summed E-state index contributed by atoms with van der Waals surface area (Å²) in [6.07, 6.45) is 2.81. The van der Waals surface area contributed by atoms with Crippen molar-refractivity contribution in [3.8, 4) is 0 Å². The van der Waals surface area contributed by atoms with Gasteiger partial charge < -0.3 is 19.4 Å². The highest BCUT2D eigenvalue weighted by atomic mass is 19.1. The van der Waals surface area contributed by atoms with E-state index in [0.29, 0.717) is 55.6 Å². The van der Waals surface area contributed by atoms with Gasteiger partial charge in [-0.2, -0.15) is 5.10 Å². The van der Waals surface area contributed by atoms with E-state index in [-0.39, 0.29) is 30.2 Å². The van der Waals surface area contributed by atoms with Crippen LogP contribution in [0, 0.1) is 6.92 Å². The van der Waals surface area contributed by atoms with Gasteiger partial charge in [-0.05, 0) is 50.8 Å². The van der Waals surface area contributed by atoms with Crippen molar-refractivity contribution in [2.45, 2.75) is 51.4 Å². The lowest BCUT2D eigenvalue weighted by Crippen LogP contribution is -2.41. The van der Waals surface area contributed by atoms with Crippen LogP contribution in [0.15, 0.2) is 23.1 Å². The molecule has 1 amide bonds. The second kappa shape index (κ2) is 8.87.